The Labute approximate surface area is 110 Å². The zero-order valence-electron chi connectivity index (χ0n) is 11.3. The molecule has 0 aliphatic heterocycles. The second kappa shape index (κ2) is 8.30. The molecule has 0 bridgehead atoms. The van der Waals surface area contributed by atoms with Gasteiger partial charge in [-0.3, -0.25) is 4.79 Å². The van der Waals surface area contributed by atoms with Crippen molar-refractivity contribution in [2.45, 2.75) is 40.5 Å². The smallest absolute Gasteiger partial charge is 0.145 e. The van der Waals surface area contributed by atoms with Crippen molar-refractivity contribution in [3.05, 3.63) is 35.5 Å². The average molecular weight is 255 g/mol. The van der Waals surface area contributed by atoms with Crippen LogP contribution >= 0.6 is 11.6 Å². The maximum Gasteiger partial charge on any atom is 0.145 e. The van der Waals surface area contributed by atoms with E-state index >= 15 is 0 Å². The van der Waals surface area contributed by atoms with Gasteiger partial charge in [-0.25, -0.2) is 0 Å². The van der Waals surface area contributed by atoms with Gasteiger partial charge in [0.1, 0.15) is 6.29 Å². The van der Waals surface area contributed by atoms with Crippen LogP contribution in [-0.4, -0.2) is 12.2 Å². The summed E-state index contributed by atoms with van der Waals surface area (Å²) in [6, 6.07) is 0. The van der Waals surface area contributed by atoms with Gasteiger partial charge >= 0.3 is 0 Å². The Bertz CT molecular complexity index is 322. The minimum Gasteiger partial charge on any atom is -0.298 e. The number of hydrogen-bond donors (Lipinski definition) is 0. The lowest BCUT2D eigenvalue weighted by Gasteiger charge is -2.18. The molecule has 0 spiro atoms. The van der Waals surface area contributed by atoms with E-state index in [1.807, 2.05) is 19.1 Å². The molecular formula is C15H23ClO. The highest BCUT2D eigenvalue weighted by Gasteiger charge is 2.11. The van der Waals surface area contributed by atoms with Crippen LogP contribution in [0, 0.1) is 5.41 Å². The highest BCUT2D eigenvalue weighted by atomic mass is 35.5. The van der Waals surface area contributed by atoms with E-state index < -0.39 is 0 Å². The van der Waals surface area contributed by atoms with Crippen molar-refractivity contribution < 1.29 is 4.79 Å². The molecule has 1 nitrogen and oxygen atoms in total. The number of carbonyl (C=O) groups excluding carboxylic acids is 1. The van der Waals surface area contributed by atoms with E-state index in [1.165, 1.54) is 5.57 Å². The van der Waals surface area contributed by atoms with Gasteiger partial charge < -0.3 is 0 Å². The van der Waals surface area contributed by atoms with Crippen molar-refractivity contribution in [3.63, 3.8) is 0 Å². The molecule has 0 saturated heterocycles. The molecule has 2 heteroatoms. The number of rotatable bonds is 7. The van der Waals surface area contributed by atoms with Crippen LogP contribution in [-0.2, 0) is 4.79 Å². The van der Waals surface area contributed by atoms with Gasteiger partial charge in [-0.15, -0.1) is 11.6 Å². The summed E-state index contributed by atoms with van der Waals surface area (Å²) in [7, 11) is 0. The Morgan fingerprint density at radius 1 is 1.24 bits per heavy atom. The molecule has 17 heavy (non-hydrogen) atoms. The van der Waals surface area contributed by atoms with Crippen LogP contribution in [0.3, 0.4) is 0 Å². The van der Waals surface area contributed by atoms with Crippen LogP contribution in [0.15, 0.2) is 35.5 Å². The van der Waals surface area contributed by atoms with Gasteiger partial charge in [-0.05, 0) is 37.7 Å². The summed E-state index contributed by atoms with van der Waals surface area (Å²) in [5.41, 5.74) is 2.17. The van der Waals surface area contributed by atoms with E-state index in [4.69, 9.17) is 11.6 Å². The highest BCUT2D eigenvalue weighted by molar-refractivity contribution is 6.18. The molecule has 0 radical (unpaired) electrons. The van der Waals surface area contributed by atoms with Crippen LogP contribution in [0.25, 0.3) is 0 Å². The summed E-state index contributed by atoms with van der Waals surface area (Å²) in [4.78, 5) is 10.5. The fourth-order valence-corrected chi connectivity index (χ4v) is 1.58. The molecule has 0 unspecified atom stereocenters. The molecule has 0 saturated carbocycles. The lowest BCUT2D eigenvalue weighted by atomic mass is 9.87. The standard InChI is InChI=1S/C15H23ClO/c1-13(8-11-16)6-5-9-15(3,4)10-7-14(2)12-17/h5,7-9,12H,6,10-11H2,1-4H3/b9-5+,13-8+,14-7+. The lowest BCUT2D eigenvalue weighted by molar-refractivity contribution is -0.104. The molecule has 0 atom stereocenters. The molecule has 0 heterocycles. The predicted octanol–water partition coefficient (Wildman–Crippen LogP) is 4.68. The van der Waals surface area contributed by atoms with Crippen molar-refractivity contribution in [2.24, 2.45) is 5.41 Å². The summed E-state index contributed by atoms with van der Waals surface area (Å²) >= 11 is 5.62. The van der Waals surface area contributed by atoms with E-state index in [9.17, 15) is 4.79 Å². The molecular weight excluding hydrogens is 232 g/mol. The lowest BCUT2D eigenvalue weighted by Crippen LogP contribution is -2.05. The molecule has 0 aromatic carbocycles. The minimum absolute atomic E-state index is 0.0888. The minimum atomic E-state index is 0.0888. The van der Waals surface area contributed by atoms with Crippen LogP contribution < -0.4 is 0 Å². The number of alkyl halides is 1. The first-order valence-corrected chi connectivity index (χ1v) is 6.46. The number of allylic oxidation sites excluding steroid dienone is 6. The van der Waals surface area contributed by atoms with Gasteiger partial charge in [0.15, 0.2) is 0 Å². The Kier molecular flexibility index (Phi) is 7.90. The third-order valence-corrected chi connectivity index (χ3v) is 2.72. The van der Waals surface area contributed by atoms with E-state index in [2.05, 4.69) is 32.9 Å². The van der Waals surface area contributed by atoms with E-state index in [1.54, 1.807) is 0 Å². The Morgan fingerprint density at radius 2 is 1.88 bits per heavy atom. The zero-order valence-corrected chi connectivity index (χ0v) is 12.1. The van der Waals surface area contributed by atoms with Gasteiger partial charge in [0, 0.05) is 5.88 Å². The molecule has 0 aromatic heterocycles. The second-order valence-corrected chi connectivity index (χ2v) is 5.38. The molecule has 0 aliphatic rings. The summed E-state index contributed by atoms with van der Waals surface area (Å²) in [5.74, 6) is 0.574. The Hall–Kier alpha value is -0.820. The monoisotopic (exact) mass is 254 g/mol. The number of carbonyl (C=O) groups is 1. The van der Waals surface area contributed by atoms with Crippen molar-refractivity contribution in [3.8, 4) is 0 Å². The first-order chi connectivity index (χ1) is 7.91. The molecule has 0 aromatic rings. The Morgan fingerprint density at radius 3 is 2.41 bits per heavy atom. The first kappa shape index (κ1) is 16.2. The fraction of sp³-hybridized carbons (Fsp3) is 0.533. The second-order valence-electron chi connectivity index (χ2n) is 5.07. The molecule has 0 aliphatic carbocycles. The zero-order chi connectivity index (χ0) is 13.3. The first-order valence-electron chi connectivity index (χ1n) is 5.92. The van der Waals surface area contributed by atoms with Crippen molar-refractivity contribution in [1.29, 1.82) is 0 Å². The van der Waals surface area contributed by atoms with Crippen LogP contribution in [0.5, 0.6) is 0 Å². The molecule has 0 amide bonds. The largest absolute Gasteiger partial charge is 0.298 e. The van der Waals surface area contributed by atoms with Gasteiger partial charge in [-0.1, -0.05) is 43.7 Å². The van der Waals surface area contributed by atoms with Crippen LogP contribution in [0.2, 0.25) is 0 Å². The quantitative estimate of drug-likeness (QED) is 0.279. The molecule has 0 fully saturated rings. The van der Waals surface area contributed by atoms with Gasteiger partial charge in [0.25, 0.3) is 0 Å². The predicted molar refractivity (Wildman–Crippen MR) is 76.5 cm³/mol. The van der Waals surface area contributed by atoms with Gasteiger partial charge in [0.2, 0.25) is 0 Å². The maximum atomic E-state index is 10.5. The third-order valence-electron chi connectivity index (χ3n) is 2.57. The van der Waals surface area contributed by atoms with Crippen LogP contribution in [0.1, 0.15) is 40.5 Å². The summed E-state index contributed by atoms with van der Waals surface area (Å²) in [5, 5.41) is 0. The van der Waals surface area contributed by atoms with E-state index in [0.717, 1.165) is 24.7 Å². The SMILES string of the molecule is C/C(C=O)=C\CC(C)(C)/C=C/C/C(C)=C/CCl. The number of halogens is 1. The number of hydrogen-bond acceptors (Lipinski definition) is 1. The number of aldehydes is 1. The van der Waals surface area contributed by atoms with E-state index in [-0.39, 0.29) is 5.41 Å². The highest BCUT2D eigenvalue weighted by Crippen LogP contribution is 2.24. The average Bonchev–Trinajstić information content (AvgIpc) is 2.26. The van der Waals surface area contributed by atoms with Gasteiger partial charge in [-0.2, -0.15) is 0 Å². The van der Waals surface area contributed by atoms with Crippen LogP contribution in [0.4, 0.5) is 0 Å². The topological polar surface area (TPSA) is 17.1 Å². The van der Waals surface area contributed by atoms with Crippen molar-refractivity contribution >= 4 is 17.9 Å². The summed E-state index contributed by atoms with van der Waals surface area (Å²) in [6.45, 7) is 8.24. The van der Waals surface area contributed by atoms with Crippen molar-refractivity contribution in [2.75, 3.05) is 5.88 Å². The Balaban J connectivity index is 4.29. The van der Waals surface area contributed by atoms with Crippen molar-refractivity contribution in [1.82, 2.24) is 0 Å². The summed E-state index contributed by atoms with van der Waals surface area (Å²) < 4.78 is 0. The fourth-order valence-electron chi connectivity index (χ4n) is 1.32. The molecule has 96 valence electrons. The van der Waals surface area contributed by atoms with Gasteiger partial charge in [0.05, 0.1) is 0 Å². The third kappa shape index (κ3) is 8.93. The maximum absolute atomic E-state index is 10.5. The normalized spacial score (nSPS) is 14.4. The molecule has 0 rings (SSSR count). The summed E-state index contributed by atoms with van der Waals surface area (Å²) in [6.07, 6.45) is 11.1. The van der Waals surface area contributed by atoms with E-state index in [0.29, 0.717) is 5.88 Å². The molecule has 0 N–H and O–H groups in total.